The Kier molecular flexibility index (Phi) is 6.36. The number of piperidine rings is 1. The topological polar surface area (TPSA) is 15.3 Å². The largest absolute Gasteiger partial charge is 0.313 e. The van der Waals surface area contributed by atoms with Crippen molar-refractivity contribution in [2.75, 3.05) is 13.1 Å². The van der Waals surface area contributed by atoms with Crippen molar-refractivity contribution in [3.8, 4) is 0 Å². The number of hydrogen-bond donors (Lipinski definition) is 1. The Morgan fingerprint density at radius 3 is 2.62 bits per heavy atom. The van der Waals surface area contributed by atoms with Gasteiger partial charge in [-0.05, 0) is 63.9 Å². The molecule has 1 saturated heterocycles. The Morgan fingerprint density at radius 1 is 1.24 bits per heavy atom. The van der Waals surface area contributed by atoms with Crippen molar-refractivity contribution in [3.63, 3.8) is 0 Å². The van der Waals surface area contributed by atoms with Gasteiger partial charge < -0.3 is 5.32 Å². The van der Waals surface area contributed by atoms with Crippen LogP contribution in [0.25, 0.3) is 0 Å². The van der Waals surface area contributed by atoms with Gasteiger partial charge in [0, 0.05) is 34.7 Å². The lowest BCUT2D eigenvalue weighted by Crippen LogP contribution is -2.46. The van der Waals surface area contributed by atoms with E-state index in [0.29, 0.717) is 12.1 Å². The van der Waals surface area contributed by atoms with Crippen molar-refractivity contribution in [2.24, 2.45) is 0 Å². The second-order valence-corrected chi connectivity index (χ2v) is 7.12. The van der Waals surface area contributed by atoms with E-state index < -0.39 is 0 Å². The molecule has 2 unspecified atom stereocenters. The lowest BCUT2D eigenvalue weighted by atomic mass is 10.0. The minimum absolute atomic E-state index is 0.264. The molecular weight excluding hydrogens is 303 g/mol. The van der Waals surface area contributed by atoms with E-state index in [-0.39, 0.29) is 6.04 Å². The summed E-state index contributed by atoms with van der Waals surface area (Å²) in [6.07, 6.45) is 3.89. The van der Waals surface area contributed by atoms with Gasteiger partial charge in [0.25, 0.3) is 0 Å². The van der Waals surface area contributed by atoms with Gasteiger partial charge in [0.1, 0.15) is 0 Å². The maximum atomic E-state index is 6.38. The fourth-order valence-electron chi connectivity index (χ4n) is 3.16. The zero-order valence-corrected chi connectivity index (χ0v) is 14.7. The summed E-state index contributed by atoms with van der Waals surface area (Å²) in [5.74, 6) is 0. The summed E-state index contributed by atoms with van der Waals surface area (Å²) in [5.41, 5.74) is 1.12. The van der Waals surface area contributed by atoms with E-state index in [1.807, 2.05) is 18.2 Å². The van der Waals surface area contributed by atoms with Crippen LogP contribution in [0.15, 0.2) is 18.2 Å². The number of halogens is 2. The monoisotopic (exact) mass is 328 g/mol. The predicted molar refractivity (Wildman–Crippen MR) is 92.4 cm³/mol. The number of hydrogen-bond acceptors (Lipinski definition) is 2. The molecule has 118 valence electrons. The van der Waals surface area contributed by atoms with Gasteiger partial charge in [0.2, 0.25) is 0 Å². The molecule has 0 spiro atoms. The number of nitrogens with zero attached hydrogens (tertiary/aromatic N) is 1. The fraction of sp³-hybridized carbons (Fsp3) is 0.647. The third kappa shape index (κ3) is 4.59. The molecule has 21 heavy (non-hydrogen) atoms. The highest BCUT2D eigenvalue weighted by Gasteiger charge is 2.24. The van der Waals surface area contributed by atoms with Gasteiger partial charge in [0.05, 0.1) is 0 Å². The van der Waals surface area contributed by atoms with Crippen molar-refractivity contribution in [1.82, 2.24) is 10.2 Å². The average molecular weight is 329 g/mol. The summed E-state index contributed by atoms with van der Waals surface area (Å²) < 4.78 is 0. The lowest BCUT2D eigenvalue weighted by molar-refractivity contribution is 0.138. The second kappa shape index (κ2) is 7.82. The van der Waals surface area contributed by atoms with Crippen LogP contribution in [0.2, 0.25) is 10.0 Å². The quantitative estimate of drug-likeness (QED) is 0.826. The van der Waals surface area contributed by atoms with Crippen LogP contribution >= 0.6 is 23.2 Å². The Morgan fingerprint density at radius 2 is 2.00 bits per heavy atom. The minimum Gasteiger partial charge on any atom is -0.313 e. The van der Waals surface area contributed by atoms with Crippen LogP contribution in [-0.4, -0.2) is 30.1 Å². The first kappa shape index (κ1) is 17.1. The fourth-order valence-corrected chi connectivity index (χ4v) is 3.62. The predicted octanol–water partition coefficient (Wildman–Crippen LogP) is 4.91. The molecular formula is C17H26Cl2N2. The number of nitrogens with one attached hydrogen (secondary N) is 1. The van der Waals surface area contributed by atoms with Gasteiger partial charge in [-0.25, -0.2) is 0 Å². The molecule has 0 aliphatic carbocycles. The van der Waals surface area contributed by atoms with Gasteiger partial charge in [-0.1, -0.05) is 29.6 Å². The standard InChI is InChI=1S/C17H26Cl2N2/c1-12(2)21(11-15-6-4-5-9-20-15)13(3)16-10-14(18)7-8-17(16)19/h7-8,10,12-13,15,20H,4-6,9,11H2,1-3H3. The SMILES string of the molecule is CC(C)N(CC1CCCCN1)C(C)c1cc(Cl)ccc1Cl. The van der Waals surface area contributed by atoms with Crippen molar-refractivity contribution in [3.05, 3.63) is 33.8 Å². The van der Waals surface area contributed by atoms with E-state index in [1.165, 1.54) is 19.3 Å². The molecule has 1 aromatic carbocycles. The zero-order chi connectivity index (χ0) is 15.4. The van der Waals surface area contributed by atoms with Gasteiger partial charge in [0.15, 0.2) is 0 Å². The van der Waals surface area contributed by atoms with Gasteiger partial charge in [-0.2, -0.15) is 0 Å². The molecule has 1 fully saturated rings. The Labute approximate surface area is 138 Å². The Hall–Kier alpha value is -0.280. The molecule has 0 bridgehead atoms. The minimum atomic E-state index is 0.264. The maximum absolute atomic E-state index is 6.38. The van der Waals surface area contributed by atoms with E-state index in [2.05, 4.69) is 31.0 Å². The van der Waals surface area contributed by atoms with E-state index in [4.69, 9.17) is 23.2 Å². The summed E-state index contributed by atoms with van der Waals surface area (Å²) in [5, 5.41) is 5.19. The second-order valence-electron chi connectivity index (χ2n) is 6.28. The van der Waals surface area contributed by atoms with Crippen LogP contribution in [0, 0.1) is 0 Å². The molecule has 2 nitrogen and oxygen atoms in total. The number of rotatable bonds is 5. The molecule has 1 N–H and O–H groups in total. The van der Waals surface area contributed by atoms with Crippen LogP contribution in [-0.2, 0) is 0 Å². The van der Waals surface area contributed by atoms with E-state index >= 15 is 0 Å². The maximum Gasteiger partial charge on any atom is 0.0454 e. The van der Waals surface area contributed by atoms with Crippen LogP contribution in [0.3, 0.4) is 0 Å². The van der Waals surface area contributed by atoms with Crippen molar-refractivity contribution < 1.29 is 0 Å². The molecule has 0 amide bonds. The third-order valence-electron chi connectivity index (χ3n) is 4.41. The average Bonchev–Trinajstić information content (AvgIpc) is 2.47. The van der Waals surface area contributed by atoms with Gasteiger partial charge >= 0.3 is 0 Å². The summed E-state index contributed by atoms with van der Waals surface area (Å²) >= 11 is 12.5. The first-order chi connectivity index (χ1) is 9.99. The summed E-state index contributed by atoms with van der Waals surface area (Å²) in [4.78, 5) is 2.51. The summed E-state index contributed by atoms with van der Waals surface area (Å²) in [6.45, 7) is 8.92. The van der Waals surface area contributed by atoms with E-state index in [1.54, 1.807) is 0 Å². The first-order valence-electron chi connectivity index (χ1n) is 7.93. The Bertz CT molecular complexity index is 456. The molecule has 0 aromatic heterocycles. The highest BCUT2D eigenvalue weighted by Crippen LogP contribution is 2.31. The molecule has 1 aromatic rings. The molecule has 1 aliphatic heterocycles. The van der Waals surface area contributed by atoms with E-state index in [0.717, 1.165) is 28.7 Å². The molecule has 2 atom stereocenters. The normalized spacial score (nSPS) is 21.0. The van der Waals surface area contributed by atoms with E-state index in [9.17, 15) is 0 Å². The number of benzene rings is 1. The molecule has 1 heterocycles. The first-order valence-corrected chi connectivity index (χ1v) is 8.68. The van der Waals surface area contributed by atoms with Gasteiger partial charge in [-0.15, -0.1) is 0 Å². The third-order valence-corrected chi connectivity index (χ3v) is 4.99. The van der Waals surface area contributed by atoms with Crippen molar-refractivity contribution in [2.45, 2.75) is 58.2 Å². The van der Waals surface area contributed by atoms with Crippen molar-refractivity contribution >= 4 is 23.2 Å². The highest BCUT2D eigenvalue weighted by atomic mass is 35.5. The smallest absolute Gasteiger partial charge is 0.0454 e. The summed E-state index contributed by atoms with van der Waals surface area (Å²) in [6, 6.07) is 7.06. The lowest BCUT2D eigenvalue weighted by Gasteiger charge is -2.37. The molecule has 4 heteroatoms. The summed E-state index contributed by atoms with van der Waals surface area (Å²) in [7, 11) is 0. The highest BCUT2D eigenvalue weighted by molar-refractivity contribution is 6.33. The molecule has 0 saturated carbocycles. The van der Waals surface area contributed by atoms with Crippen LogP contribution < -0.4 is 5.32 Å². The Balaban J connectivity index is 2.14. The van der Waals surface area contributed by atoms with Crippen LogP contribution in [0.4, 0.5) is 0 Å². The molecule has 0 radical (unpaired) electrons. The van der Waals surface area contributed by atoms with Gasteiger partial charge in [-0.3, -0.25) is 4.90 Å². The van der Waals surface area contributed by atoms with Crippen molar-refractivity contribution in [1.29, 1.82) is 0 Å². The zero-order valence-electron chi connectivity index (χ0n) is 13.2. The van der Waals surface area contributed by atoms with Crippen LogP contribution in [0.1, 0.15) is 51.6 Å². The molecule has 1 aliphatic rings. The van der Waals surface area contributed by atoms with Crippen LogP contribution in [0.5, 0.6) is 0 Å². The molecule has 2 rings (SSSR count).